The second kappa shape index (κ2) is 5.23. The summed E-state index contributed by atoms with van der Waals surface area (Å²) in [5.41, 5.74) is 1.54. The summed E-state index contributed by atoms with van der Waals surface area (Å²) in [6.45, 7) is 0.224. The summed E-state index contributed by atoms with van der Waals surface area (Å²) in [6.07, 6.45) is -1.22. The van der Waals surface area contributed by atoms with Crippen LogP contribution in [0.3, 0.4) is 0 Å². The third-order valence-electron chi connectivity index (χ3n) is 4.25. The summed E-state index contributed by atoms with van der Waals surface area (Å²) in [5, 5.41) is 24.4. The van der Waals surface area contributed by atoms with Crippen molar-refractivity contribution in [1.82, 2.24) is 5.01 Å². The number of hydrogen-bond donors (Lipinski definition) is 2. The molecule has 0 spiro atoms. The van der Waals surface area contributed by atoms with Crippen LogP contribution in [0.1, 0.15) is 17.2 Å². The Morgan fingerprint density at radius 2 is 2.12 bits per heavy atom. The number of benzene rings is 2. The number of hydrogen-bond acceptors (Lipinski definition) is 4. The first kappa shape index (κ1) is 14.5. The SMILES string of the molecule is O=C(O)N1N=C2c3cc(F)ccc3OC[C@H]2[C@H]1c1cccc(O)c1. The van der Waals surface area contributed by atoms with Crippen LogP contribution in [0.5, 0.6) is 11.5 Å². The molecule has 2 aromatic rings. The second-order valence-electron chi connectivity index (χ2n) is 5.71. The number of hydrazone groups is 1. The molecule has 7 heteroatoms. The lowest BCUT2D eigenvalue weighted by molar-refractivity contribution is 0.118. The van der Waals surface area contributed by atoms with Gasteiger partial charge in [-0.3, -0.25) is 0 Å². The van der Waals surface area contributed by atoms with Crippen LogP contribution in [0.4, 0.5) is 9.18 Å². The molecule has 2 aliphatic rings. The molecular weight excluding hydrogens is 315 g/mol. The summed E-state index contributed by atoms with van der Waals surface area (Å²) in [7, 11) is 0. The maximum atomic E-state index is 13.6. The molecule has 0 radical (unpaired) electrons. The molecule has 24 heavy (non-hydrogen) atoms. The molecule has 2 aliphatic heterocycles. The Morgan fingerprint density at radius 3 is 2.88 bits per heavy atom. The topological polar surface area (TPSA) is 82.4 Å². The monoisotopic (exact) mass is 328 g/mol. The van der Waals surface area contributed by atoms with Crippen LogP contribution < -0.4 is 4.74 Å². The number of phenols is 1. The molecule has 122 valence electrons. The quantitative estimate of drug-likeness (QED) is 0.843. The van der Waals surface area contributed by atoms with Crippen molar-refractivity contribution in [2.24, 2.45) is 11.0 Å². The van der Waals surface area contributed by atoms with Crippen LogP contribution in [-0.2, 0) is 0 Å². The van der Waals surface area contributed by atoms with Gasteiger partial charge in [0.25, 0.3) is 0 Å². The molecule has 0 saturated carbocycles. The van der Waals surface area contributed by atoms with Crippen molar-refractivity contribution in [3.63, 3.8) is 0 Å². The number of ether oxygens (including phenoxy) is 1. The van der Waals surface area contributed by atoms with E-state index in [2.05, 4.69) is 5.10 Å². The van der Waals surface area contributed by atoms with Crippen LogP contribution in [0.15, 0.2) is 47.6 Å². The van der Waals surface area contributed by atoms with E-state index in [1.165, 1.54) is 30.3 Å². The molecule has 0 aromatic heterocycles. The third kappa shape index (κ3) is 2.17. The zero-order valence-electron chi connectivity index (χ0n) is 12.4. The summed E-state index contributed by atoms with van der Waals surface area (Å²) >= 11 is 0. The normalized spacial score (nSPS) is 21.5. The first-order valence-electron chi connectivity index (χ1n) is 7.37. The lowest BCUT2D eigenvalue weighted by atomic mass is 9.86. The van der Waals surface area contributed by atoms with E-state index in [4.69, 9.17) is 4.74 Å². The summed E-state index contributed by atoms with van der Waals surface area (Å²) in [5.74, 6) is -0.302. The number of halogens is 1. The Kier molecular flexibility index (Phi) is 3.16. The molecule has 2 aromatic carbocycles. The van der Waals surface area contributed by atoms with E-state index in [-0.39, 0.29) is 18.3 Å². The molecule has 4 rings (SSSR count). The minimum atomic E-state index is -1.22. The lowest BCUT2D eigenvalue weighted by Crippen LogP contribution is -2.34. The molecule has 2 N–H and O–H groups in total. The molecule has 2 heterocycles. The number of carbonyl (C=O) groups is 1. The van der Waals surface area contributed by atoms with Gasteiger partial charge in [0.15, 0.2) is 0 Å². The van der Waals surface area contributed by atoms with Crippen molar-refractivity contribution in [3.05, 3.63) is 59.4 Å². The fourth-order valence-corrected chi connectivity index (χ4v) is 3.25. The summed E-state index contributed by atoms with van der Waals surface area (Å²) in [4.78, 5) is 11.6. The van der Waals surface area contributed by atoms with Crippen LogP contribution in [0.2, 0.25) is 0 Å². The minimum Gasteiger partial charge on any atom is -0.508 e. The molecule has 1 amide bonds. The largest absolute Gasteiger partial charge is 0.508 e. The van der Waals surface area contributed by atoms with Crippen molar-refractivity contribution in [2.45, 2.75) is 6.04 Å². The van der Waals surface area contributed by atoms with Crippen molar-refractivity contribution in [3.8, 4) is 11.5 Å². The fraction of sp³-hybridized carbons (Fsp3) is 0.176. The second-order valence-corrected chi connectivity index (χ2v) is 5.71. The zero-order valence-corrected chi connectivity index (χ0v) is 12.4. The maximum absolute atomic E-state index is 13.6. The van der Waals surface area contributed by atoms with E-state index < -0.39 is 18.0 Å². The van der Waals surface area contributed by atoms with Crippen LogP contribution in [-0.4, -0.2) is 33.6 Å². The number of nitrogens with zero attached hydrogens (tertiary/aromatic N) is 2. The standard InChI is InChI=1S/C17H13FN2O4/c18-10-4-5-14-12(7-10)15-13(8-24-14)16(20(19-15)17(22)23)9-2-1-3-11(21)6-9/h1-7,13,16,21H,8H2,(H,22,23)/t13-,16-/m1/s1. The maximum Gasteiger partial charge on any atom is 0.428 e. The molecule has 0 saturated heterocycles. The zero-order chi connectivity index (χ0) is 16.8. The van der Waals surface area contributed by atoms with Crippen molar-refractivity contribution < 1.29 is 24.1 Å². The highest BCUT2D eigenvalue weighted by Gasteiger charge is 2.45. The van der Waals surface area contributed by atoms with Gasteiger partial charge in [-0.25, -0.2) is 9.18 Å². The predicted molar refractivity (Wildman–Crippen MR) is 82.6 cm³/mol. The van der Waals surface area contributed by atoms with E-state index in [1.54, 1.807) is 12.1 Å². The molecule has 6 nitrogen and oxygen atoms in total. The summed E-state index contributed by atoms with van der Waals surface area (Å²) < 4.78 is 19.3. The van der Waals surface area contributed by atoms with Crippen LogP contribution in [0.25, 0.3) is 0 Å². The molecular formula is C17H13FN2O4. The molecule has 2 atom stereocenters. The van der Waals surface area contributed by atoms with Gasteiger partial charge >= 0.3 is 6.09 Å². The van der Waals surface area contributed by atoms with Crippen LogP contribution in [0, 0.1) is 11.7 Å². The lowest BCUT2D eigenvalue weighted by Gasteiger charge is -2.28. The van der Waals surface area contributed by atoms with Gasteiger partial charge in [-0.15, -0.1) is 0 Å². The Morgan fingerprint density at radius 1 is 1.29 bits per heavy atom. The fourth-order valence-electron chi connectivity index (χ4n) is 3.25. The average Bonchev–Trinajstić information content (AvgIpc) is 2.95. The van der Waals surface area contributed by atoms with E-state index in [1.807, 2.05) is 0 Å². The van der Waals surface area contributed by atoms with Gasteiger partial charge in [-0.05, 0) is 35.9 Å². The number of amides is 1. The van der Waals surface area contributed by atoms with E-state index >= 15 is 0 Å². The summed E-state index contributed by atoms with van der Waals surface area (Å²) in [6, 6.07) is 9.83. The van der Waals surface area contributed by atoms with Gasteiger partial charge in [0.1, 0.15) is 17.3 Å². The Bertz CT molecular complexity index is 867. The van der Waals surface area contributed by atoms with E-state index in [9.17, 15) is 19.4 Å². The highest BCUT2D eigenvalue weighted by molar-refractivity contribution is 6.07. The smallest absolute Gasteiger partial charge is 0.428 e. The Hall–Kier alpha value is -3.09. The number of rotatable bonds is 1. The van der Waals surface area contributed by atoms with Gasteiger partial charge in [0.2, 0.25) is 0 Å². The minimum absolute atomic E-state index is 0.0365. The average molecular weight is 328 g/mol. The van der Waals surface area contributed by atoms with Gasteiger partial charge in [0.05, 0.1) is 24.3 Å². The van der Waals surface area contributed by atoms with Gasteiger partial charge in [-0.2, -0.15) is 10.1 Å². The third-order valence-corrected chi connectivity index (χ3v) is 4.25. The van der Waals surface area contributed by atoms with Crippen molar-refractivity contribution >= 4 is 11.8 Å². The Labute approximate surface area is 136 Å². The van der Waals surface area contributed by atoms with E-state index in [0.717, 1.165) is 5.01 Å². The number of fused-ring (bicyclic) bond motifs is 3. The van der Waals surface area contributed by atoms with Crippen molar-refractivity contribution in [1.29, 1.82) is 0 Å². The van der Waals surface area contributed by atoms with Crippen LogP contribution >= 0.6 is 0 Å². The van der Waals surface area contributed by atoms with Gasteiger partial charge in [0, 0.05) is 5.56 Å². The molecule has 0 bridgehead atoms. The highest BCUT2D eigenvalue weighted by Crippen LogP contribution is 2.43. The predicted octanol–water partition coefficient (Wildman–Crippen LogP) is 2.98. The molecule has 0 unspecified atom stereocenters. The first-order valence-corrected chi connectivity index (χ1v) is 7.37. The van der Waals surface area contributed by atoms with Crippen molar-refractivity contribution in [2.75, 3.05) is 6.61 Å². The highest BCUT2D eigenvalue weighted by atomic mass is 19.1. The number of aromatic hydroxyl groups is 1. The molecule has 0 fully saturated rings. The van der Waals surface area contributed by atoms with E-state index in [0.29, 0.717) is 22.6 Å². The molecule has 0 aliphatic carbocycles. The van der Waals surface area contributed by atoms with Gasteiger partial charge < -0.3 is 14.9 Å². The Balaban J connectivity index is 1.83. The van der Waals surface area contributed by atoms with Gasteiger partial charge in [-0.1, -0.05) is 12.1 Å². The first-order chi connectivity index (χ1) is 11.5. The number of carboxylic acid groups (broad SMARTS) is 1. The number of phenolic OH excluding ortho intramolecular Hbond substituents is 1.